The molecule has 6 amide bonds. The lowest BCUT2D eigenvalue weighted by atomic mass is 9.83. The Kier molecular flexibility index (Phi) is 10.3. The summed E-state index contributed by atoms with van der Waals surface area (Å²) in [5.74, 6) is -2.65. The minimum Gasteiger partial charge on any atom is -0.444 e. The molecule has 0 radical (unpaired) electrons. The summed E-state index contributed by atoms with van der Waals surface area (Å²) in [6.45, 7) is 4.86. The van der Waals surface area contributed by atoms with Crippen molar-refractivity contribution < 1.29 is 37.1 Å². The standard InChI is InChI=1S/C38H50N6O8S/c1-3-27-20-38(27,35(47)41-53(50,51)29-16-17-29)40-33(45)31-19-28-22-44(31)34(46)32(25-12-6-4-7-13-25)39-36(48)42(2)18-9-5-8-11-24-14-10-15-26-21-43(23-30(24)26)37(49)52-28/h3,8,10-11,14-15,25,27-29,31-32H,1,4-7,9,12-13,16-23H2,2H3,(H,39,48)(H,40,45)(H,41,47)/t27-,28-,31+,32+,38-/m1/s1. The number of rotatable bonds is 7. The number of amides is 6. The summed E-state index contributed by atoms with van der Waals surface area (Å²) < 4.78 is 33.6. The first kappa shape index (κ1) is 36.9. The number of urea groups is 1. The smallest absolute Gasteiger partial charge is 0.410 e. The highest BCUT2D eigenvalue weighted by molar-refractivity contribution is 7.91. The number of sulfonamides is 1. The predicted molar refractivity (Wildman–Crippen MR) is 195 cm³/mol. The van der Waals surface area contributed by atoms with Gasteiger partial charge in [0.05, 0.1) is 18.3 Å². The zero-order valence-corrected chi connectivity index (χ0v) is 31.1. The zero-order valence-electron chi connectivity index (χ0n) is 30.3. The topological polar surface area (TPSA) is 175 Å². The average molecular weight is 751 g/mol. The van der Waals surface area contributed by atoms with Gasteiger partial charge in [-0.3, -0.25) is 24.0 Å². The first-order valence-corrected chi connectivity index (χ1v) is 20.5. The molecule has 4 fully saturated rings. The van der Waals surface area contributed by atoms with Crippen molar-refractivity contribution in [1.29, 1.82) is 0 Å². The normalized spacial score (nSPS) is 29.8. The van der Waals surface area contributed by atoms with E-state index in [1.165, 1.54) is 11.0 Å². The van der Waals surface area contributed by atoms with E-state index in [1.54, 1.807) is 16.8 Å². The van der Waals surface area contributed by atoms with Gasteiger partial charge >= 0.3 is 12.1 Å². The van der Waals surface area contributed by atoms with Gasteiger partial charge in [-0.15, -0.1) is 6.58 Å². The molecule has 14 nitrogen and oxygen atoms in total. The number of carbonyl (C=O) groups is 5. The second kappa shape index (κ2) is 14.8. The molecule has 7 rings (SSSR count). The fourth-order valence-corrected chi connectivity index (χ4v) is 9.74. The van der Waals surface area contributed by atoms with Crippen molar-refractivity contribution in [2.24, 2.45) is 11.8 Å². The number of nitrogens with zero attached hydrogens (tertiary/aromatic N) is 3. The molecule has 3 aliphatic heterocycles. The van der Waals surface area contributed by atoms with Crippen molar-refractivity contribution in [1.82, 2.24) is 30.1 Å². The minimum atomic E-state index is -3.90. The summed E-state index contributed by atoms with van der Waals surface area (Å²) in [7, 11) is -2.20. The summed E-state index contributed by atoms with van der Waals surface area (Å²) in [5.41, 5.74) is 1.49. The van der Waals surface area contributed by atoms with E-state index in [4.69, 9.17) is 4.74 Å². The van der Waals surface area contributed by atoms with E-state index in [9.17, 15) is 32.4 Å². The Bertz CT molecular complexity index is 1810. The SMILES string of the molecule is C=C[C@@H]1C[C@]1(NC(=O)[C@@H]1C[C@@H]2CN1C(=O)[C@H](C1CCCCC1)NC(=O)N(C)CCCC=Cc1cccc3c1CN(C3)C(=O)O2)C(=O)NS(=O)(=O)C1CC1. The molecule has 3 N–H and O–H groups in total. The molecule has 1 saturated heterocycles. The molecule has 1 aromatic carbocycles. The first-order valence-electron chi connectivity index (χ1n) is 19.0. The molecule has 5 atom stereocenters. The molecule has 6 aliphatic rings. The van der Waals surface area contributed by atoms with Crippen LogP contribution in [0.25, 0.3) is 6.08 Å². The van der Waals surface area contributed by atoms with Gasteiger partial charge in [0, 0.05) is 32.5 Å². The molecular weight excluding hydrogens is 701 g/mol. The van der Waals surface area contributed by atoms with Crippen LogP contribution in [-0.4, -0.2) is 102 Å². The van der Waals surface area contributed by atoms with Gasteiger partial charge in [0.15, 0.2) is 0 Å². The third kappa shape index (κ3) is 7.67. The second-order valence-corrected chi connectivity index (χ2v) is 17.5. The molecule has 0 aromatic heterocycles. The van der Waals surface area contributed by atoms with E-state index in [0.717, 1.165) is 55.2 Å². The molecule has 286 valence electrons. The van der Waals surface area contributed by atoms with Crippen molar-refractivity contribution in [3.05, 3.63) is 53.6 Å². The van der Waals surface area contributed by atoms with Crippen LogP contribution < -0.4 is 15.4 Å². The third-order valence-electron chi connectivity index (χ3n) is 11.8. The van der Waals surface area contributed by atoms with E-state index in [-0.39, 0.29) is 25.3 Å². The highest BCUT2D eigenvalue weighted by atomic mass is 32.2. The number of hydrogen-bond acceptors (Lipinski definition) is 8. The van der Waals surface area contributed by atoms with E-state index in [1.807, 2.05) is 24.3 Å². The number of carbonyl (C=O) groups excluding carboxylic acids is 5. The lowest BCUT2D eigenvalue weighted by Gasteiger charge is -2.35. The van der Waals surface area contributed by atoms with Crippen LogP contribution in [0.2, 0.25) is 0 Å². The van der Waals surface area contributed by atoms with Crippen LogP contribution in [0.3, 0.4) is 0 Å². The highest BCUT2D eigenvalue weighted by Gasteiger charge is 2.62. The van der Waals surface area contributed by atoms with E-state index in [2.05, 4.69) is 28.0 Å². The lowest BCUT2D eigenvalue weighted by molar-refractivity contribution is -0.142. The van der Waals surface area contributed by atoms with Crippen LogP contribution in [0.15, 0.2) is 36.9 Å². The highest BCUT2D eigenvalue weighted by Crippen LogP contribution is 2.45. The van der Waals surface area contributed by atoms with Gasteiger partial charge in [-0.25, -0.2) is 18.0 Å². The summed E-state index contributed by atoms with van der Waals surface area (Å²) in [4.78, 5) is 74.3. The maximum atomic E-state index is 14.7. The molecule has 4 bridgehead atoms. The van der Waals surface area contributed by atoms with Crippen LogP contribution in [0.5, 0.6) is 0 Å². The van der Waals surface area contributed by atoms with Gasteiger partial charge in [-0.1, -0.05) is 55.7 Å². The Morgan fingerprint density at radius 1 is 1.06 bits per heavy atom. The molecule has 3 heterocycles. The van der Waals surface area contributed by atoms with Gasteiger partial charge in [-0.2, -0.15) is 0 Å². The Morgan fingerprint density at radius 2 is 1.83 bits per heavy atom. The monoisotopic (exact) mass is 750 g/mol. The van der Waals surface area contributed by atoms with Gasteiger partial charge in [0.1, 0.15) is 23.7 Å². The largest absolute Gasteiger partial charge is 0.444 e. The molecule has 3 saturated carbocycles. The van der Waals surface area contributed by atoms with Crippen molar-refractivity contribution in [3.63, 3.8) is 0 Å². The first-order chi connectivity index (χ1) is 25.4. The van der Waals surface area contributed by atoms with E-state index >= 15 is 0 Å². The number of nitrogens with one attached hydrogen (secondary N) is 3. The minimum absolute atomic E-state index is 0.0415. The molecule has 3 aliphatic carbocycles. The number of allylic oxidation sites excluding steroid dienone is 1. The van der Waals surface area contributed by atoms with Crippen LogP contribution >= 0.6 is 0 Å². The molecule has 0 unspecified atom stereocenters. The van der Waals surface area contributed by atoms with Crippen molar-refractivity contribution in [3.8, 4) is 0 Å². The fraction of sp³-hybridized carbons (Fsp3) is 0.605. The lowest BCUT2D eigenvalue weighted by Crippen LogP contribution is -2.60. The maximum absolute atomic E-state index is 14.7. The van der Waals surface area contributed by atoms with Crippen LogP contribution in [0.1, 0.15) is 87.3 Å². The predicted octanol–water partition coefficient (Wildman–Crippen LogP) is 3.17. The summed E-state index contributed by atoms with van der Waals surface area (Å²) in [6, 6.07) is 3.47. The third-order valence-corrected chi connectivity index (χ3v) is 13.6. The Labute approximate surface area is 310 Å². The van der Waals surface area contributed by atoms with Crippen LogP contribution in [0, 0.1) is 11.8 Å². The van der Waals surface area contributed by atoms with Crippen LogP contribution in [0.4, 0.5) is 9.59 Å². The summed E-state index contributed by atoms with van der Waals surface area (Å²) in [5, 5.41) is 5.16. The Hall–Kier alpha value is -4.40. The van der Waals surface area contributed by atoms with Gasteiger partial charge in [-0.05, 0) is 67.6 Å². The van der Waals surface area contributed by atoms with E-state index in [0.29, 0.717) is 38.9 Å². The number of ether oxygens (including phenoxy) is 1. The van der Waals surface area contributed by atoms with Gasteiger partial charge < -0.3 is 25.2 Å². The van der Waals surface area contributed by atoms with Crippen molar-refractivity contribution in [2.75, 3.05) is 20.1 Å². The molecule has 53 heavy (non-hydrogen) atoms. The van der Waals surface area contributed by atoms with Crippen LogP contribution in [-0.2, 0) is 42.2 Å². The summed E-state index contributed by atoms with van der Waals surface area (Å²) >= 11 is 0. The number of hydrogen-bond donors (Lipinski definition) is 3. The Morgan fingerprint density at radius 3 is 2.55 bits per heavy atom. The molecular formula is C38H50N6O8S. The van der Waals surface area contributed by atoms with Gasteiger partial charge in [0.25, 0.3) is 5.91 Å². The number of fused-ring (bicyclic) bond motifs is 3. The zero-order chi connectivity index (χ0) is 37.5. The van der Waals surface area contributed by atoms with Crippen molar-refractivity contribution >= 4 is 45.9 Å². The molecule has 15 heteroatoms. The quantitative estimate of drug-likeness (QED) is 0.357. The van der Waals surface area contributed by atoms with E-state index < -0.39 is 74.8 Å². The average Bonchev–Trinajstić information content (AvgIpc) is 4.04. The summed E-state index contributed by atoms with van der Waals surface area (Å²) in [6.07, 6.45) is 10.9. The van der Waals surface area contributed by atoms with Gasteiger partial charge in [0.2, 0.25) is 21.8 Å². The molecule has 1 aromatic rings. The molecule has 0 spiro atoms. The number of benzene rings is 1. The second-order valence-electron chi connectivity index (χ2n) is 15.6. The van der Waals surface area contributed by atoms with Crippen molar-refractivity contribution in [2.45, 2.75) is 113 Å². The Balaban J connectivity index is 1.18. The fourth-order valence-electron chi connectivity index (χ4n) is 8.37. The maximum Gasteiger partial charge on any atom is 0.410 e.